The lowest BCUT2D eigenvalue weighted by Gasteiger charge is -2.47. The van der Waals surface area contributed by atoms with Crippen molar-refractivity contribution in [2.45, 2.75) is 169 Å². The Morgan fingerprint density at radius 1 is 0.516 bits per heavy atom. The maximum atomic E-state index is 2.70. The van der Waals surface area contributed by atoms with E-state index < -0.39 is 0 Å². The number of hydrogen-bond donors (Lipinski definition) is 0. The maximum absolute atomic E-state index is 2.70. The first kappa shape index (κ1) is 41.7. The summed E-state index contributed by atoms with van der Waals surface area (Å²) in [6, 6.07) is 32.5. The van der Waals surface area contributed by atoms with Gasteiger partial charge in [-0.15, -0.1) is 11.3 Å². The second kappa shape index (κ2) is 13.2. The van der Waals surface area contributed by atoms with Crippen LogP contribution in [-0.2, 0) is 32.5 Å². The zero-order valence-corrected chi connectivity index (χ0v) is 41.5. The van der Waals surface area contributed by atoms with Crippen LogP contribution in [0, 0.1) is 13.8 Å². The number of thiophene rings is 1. The lowest BCUT2D eigenvalue weighted by molar-refractivity contribution is 0.332. The van der Waals surface area contributed by atoms with Crippen molar-refractivity contribution in [3.05, 3.63) is 123 Å². The van der Waals surface area contributed by atoms with Crippen molar-refractivity contribution in [1.29, 1.82) is 0 Å². The van der Waals surface area contributed by atoms with Crippen molar-refractivity contribution < 1.29 is 0 Å². The monoisotopic (exact) mass is 837 g/mol. The third-order valence-corrected chi connectivity index (χ3v) is 17.3. The summed E-state index contributed by atoms with van der Waals surface area (Å²) in [5.41, 5.74) is 22.8. The van der Waals surface area contributed by atoms with E-state index in [2.05, 4.69) is 211 Å². The Morgan fingerprint density at radius 3 is 1.56 bits per heavy atom. The molecular formula is C58H69BN2S. The van der Waals surface area contributed by atoms with Crippen LogP contribution in [0.5, 0.6) is 0 Å². The minimum absolute atomic E-state index is 0.0651. The van der Waals surface area contributed by atoms with Crippen LogP contribution in [0.4, 0.5) is 34.1 Å². The number of nitrogens with zero attached hydrogens (tertiary/aromatic N) is 2. The first-order valence-electron chi connectivity index (χ1n) is 23.6. The molecule has 0 atom stereocenters. The highest BCUT2D eigenvalue weighted by Gasteiger charge is 2.49. The molecule has 62 heavy (non-hydrogen) atoms. The van der Waals surface area contributed by atoms with E-state index in [9.17, 15) is 0 Å². The van der Waals surface area contributed by atoms with Gasteiger partial charge in [0.1, 0.15) is 0 Å². The number of rotatable bonds is 2. The average Bonchev–Trinajstić information content (AvgIpc) is 3.55. The highest BCUT2D eigenvalue weighted by atomic mass is 32.1. The molecule has 2 aliphatic carbocycles. The maximum Gasteiger partial charge on any atom is 0.264 e. The first-order valence-corrected chi connectivity index (χ1v) is 24.4. The van der Waals surface area contributed by atoms with Gasteiger partial charge in [-0.3, -0.25) is 0 Å². The summed E-state index contributed by atoms with van der Waals surface area (Å²) in [6.07, 6.45) is 4.80. The number of benzene rings is 5. The van der Waals surface area contributed by atoms with E-state index >= 15 is 0 Å². The summed E-state index contributed by atoms with van der Waals surface area (Å²) in [4.78, 5) is 5.36. The summed E-state index contributed by atoms with van der Waals surface area (Å²) in [6.45, 7) is 38.6. The molecule has 5 aromatic carbocycles. The third kappa shape index (κ3) is 6.15. The van der Waals surface area contributed by atoms with Gasteiger partial charge in [-0.2, -0.15) is 0 Å². The molecule has 2 aliphatic heterocycles. The largest absolute Gasteiger partial charge is 0.311 e. The quantitative estimate of drug-likeness (QED) is 0.160. The average molecular weight is 837 g/mol. The Bertz CT molecular complexity index is 2850. The summed E-state index contributed by atoms with van der Waals surface area (Å²) >= 11 is 2.07. The first-order chi connectivity index (χ1) is 28.8. The molecule has 0 N–H and O–H groups in total. The van der Waals surface area contributed by atoms with Gasteiger partial charge in [-0.25, -0.2) is 0 Å². The number of hydrogen-bond acceptors (Lipinski definition) is 3. The zero-order chi connectivity index (χ0) is 44.4. The fourth-order valence-corrected chi connectivity index (χ4v) is 13.1. The SMILES string of the molecule is Cc1cc2c3c(c1)N(c1ccc(C(C)(C)C)cc1)c1c(sc4cc5c(cc14)C(C)(C)CCC5(C)C)B3c1cc3c(cc1N2c1ccc(C(C)(C)C)cc1C)C(C)(C)CCC3(C)C. The van der Waals surface area contributed by atoms with Gasteiger partial charge in [0.05, 0.1) is 5.69 Å². The van der Waals surface area contributed by atoms with Crippen LogP contribution in [0.25, 0.3) is 10.1 Å². The molecule has 0 unspecified atom stereocenters. The Balaban J connectivity index is 1.34. The van der Waals surface area contributed by atoms with Crippen LogP contribution in [0.2, 0.25) is 0 Å². The fourth-order valence-electron chi connectivity index (χ4n) is 11.7. The van der Waals surface area contributed by atoms with Crippen molar-refractivity contribution in [1.82, 2.24) is 0 Å². The van der Waals surface area contributed by atoms with Crippen LogP contribution < -0.4 is 25.5 Å². The standard InChI is InChI=1S/C58H69BN2S/c1-34-27-47-50-48(28-34)61(45-22-19-37(29-35(45)2)54(6,7)8)46-32-42-41(56(11,12)24-25-57(42,13)14)31-44(46)59(50)52-51(60(47)38-20-17-36(18-21-38)53(3,4)5)39-30-40-43(33-49(39)62-52)58(15,16)26-23-55(40,9)10/h17-22,27-33H,23-26H2,1-16H3. The van der Waals surface area contributed by atoms with Gasteiger partial charge < -0.3 is 9.80 Å². The van der Waals surface area contributed by atoms with E-state index in [1.165, 1.54) is 130 Å². The molecule has 6 aromatic rings. The van der Waals surface area contributed by atoms with E-state index in [0.29, 0.717) is 0 Å². The van der Waals surface area contributed by atoms with Crippen molar-refractivity contribution in [3.8, 4) is 0 Å². The topological polar surface area (TPSA) is 6.48 Å². The third-order valence-electron chi connectivity index (χ3n) is 16.0. The molecule has 0 amide bonds. The van der Waals surface area contributed by atoms with Crippen LogP contribution in [0.3, 0.4) is 0 Å². The van der Waals surface area contributed by atoms with Gasteiger partial charge in [0, 0.05) is 43.3 Å². The Kier molecular flexibility index (Phi) is 8.85. The molecule has 10 rings (SSSR count). The summed E-state index contributed by atoms with van der Waals surface area (Å²) < 4.78 is 2.89. The molecule has 0 bridgehead atoms. The smallest absolute Gasteiger partial charge is 0.264 e. The normalized spacial score (nSPS) is 19.1. The second-order valence-corrected chi connectivity index (χ2v) is 25.7. The van der Waals surface area contributed by atoms with E-state index in [1.807, 2.05) is 0 Å². The highest BCUT2D eigenvalue weighted by molar-refractivity contribution is 7.33. The Hall–Kier alpha value is -4.28. The van der Waals surface area contributed by atoms with E-state index in [0.717, 1.165) is 0 Å². The molecule has 4 heteroatoms. The summed E-state index contributed by atoms with van der Waals surface area (Å²) in [7, 11) is 0. The predicted octanol–water partition coefficient (Wildman–Crippen LogP) is 14.9. The van der Waals surface area contributed by atoms with Gasteiger partial charge in [0.15, 0.2) is 0 Å². The number of anilines is 6. The van der Waals surface area contributed by atoms with Crippen molar-refractivity contribution in [2.24, 2.45) is 0 Å². The number of fused-ring (bicyclic) bond motifs is 8. The van der Waals surface area contributed by atoms with Crippen LogP contribution >= 0.6 is 11.3 Å². The molecule has 0 fully saturated rings. The van der Waals surface area contributed by atoms with Crippen LogP contribution in [0.1, 0.15) is 167 Å². The molecule has 2 nitrogen and oxygen atoms in total. The lowest BCUT2D eigenvalue weighted by atomic mass is 9.35. The minimum Gasteiger partial charge on any atom is -0.311 e. The van der Waals surface area contributed by atoms with Crippen molar-refractivity contribution >= 4 is 78.0 Å². The lowest BCUT2D eigenvalue weighted by Crippen LogP contribution is -2.61. The van der Waals surface area contributed by atoms with Gasteiger partial charge in [0.25, 0.3) is 6.71 Å². The molecule has 1 aromatic heterocycles. The fraction of sp³-hybridized carbons (Fsp3) is 0.448. The predicted molar refractivity (Wildman–Crippen MR) is 273 cm³/mol. The van der Waals surface area contributed by atoms with Gasteiger partial charge in [-0.05, 0) is 176 Å². The van der Waals surface area contributed by atoms with Crippen molar-refractivity contribution in [3.63, 3.8) is 0 Å². The molecular weight excluding hydrogens is 768 g/mol. The summed E-state index contributed by atoms with van der Waals surface area (Å²) in [5.74, 6) is 0. The van der Waals surface area contributed by atoms with Gasteiger partial charge in [-0.1, -0.05) is 127 Å². The molecule has 4 aliphatic rings. The zero-order valence-electron chi connectivity index (χ0n) is 40.7. The number of aryl methyl sites for hydroxylation is 2. The van der Waals surface area contributed by atoms with Gasteiger partial charge >= 0.3 is 0 Å². The molecule has 320 valence electrons. The molecule has 3 heterocycles. The minimum atomic E-state index is 0.0651. The van der Waals surface area contributed by atoms with Crippen LogP contribution in [0.15, 0.2) is 78.9 Å². The van der Waals surface area contributed by atoms with E-state index in [1.54, 1.807) is 0 Å². The Labute approximate surface area is 378 Å². The molecule has 0 saturated heterocycles. The van der Waals surface area contributed by atoms with Crippen molar-refractivity contribution in [2.75, 3.05) is 9.80 Å². The van der Waals surface area contributed by atoms with E-state index in [-0.39, 0.29) is 39.2 Å². The van der Waals surface area contributed by atoms with Crippen LogP contribution in [-0.4, -0.2) is 6.71 Å². The summed E-state index contributed by atoms with van der Waals surface area (Å²) in [5, 5.41) is 1.40. The highest BCUT2D eigenvalue weighted by Crippen LogP contribution is 2.54. The molecule has 0 radical (unpaired) electrons. The Morgan fingerprint density at radius 2 is 1.02 bits per heavy atom. The molecule has 0 spiro atoms. The second-order valence-electron chi connectivity index (χ2n) is 24.6. The van der Waals surface area contributed by atoms with Gasteiger partial charge in [0.2, 0.25) is 0 Å². The van der Waals surface area contributed by atoms with E-state index in [4.69, 9.17) is 0 Å². The molecule has 0 saturated carbocycles.